The SMILES string of the molecule is CC(=O)c1cc(=O)n(C)cc1[N+](=O)[O-]. The van der Waals surface area contributed by atoms with Gasteiger partial charge in [-0.25, -0.2) is 0 Å². The lowest BCUT2D eigenvalue weighted by molar-refractivity contribution is -0.385. The lowest BCUT2D eigenvalue weighted by Gasteiger charge is -2.00. The Bertz CT molecular complexity index is 461. The molecule has 1 aromatic heterocycles. The van der Waals surface area contributed by atoms with Crippen molar-refractivity contribution in [2.75, 3.05) is 0 Å². The number of aryl methyl sites for hydroxylation is 1. The Labute approximate surface area is 78.9 Å². The van der Waals surface area contributed by atoms with E-state index in [0.29, 0.717) is 0 Å². The molecule has 74 valence electrons. The van der Waals surface area contributed by atoms with Gasteiger partial charge in [-0.3, -0.25) is 19.7 Å². The molecule has 0 unspecified atom stereocenters. The highest BCUT2D eigenvalue weighted by atomic mass is 16.6. The molecule has 0 N–H and O–H groups in total. The van der Waals surface area contributed by atoms with Gasteiger partial charge in [0.2, 0.25) is 0 Å². The first kappa shape index (κ1) is 10.1. The van der Waals surface area contributed by atoms with E-state index < -0.39 is 16.3 Å². The van der Waals surface area contributed by atoms with E-state index in [4.69, 9.17) is 0 Å². The van der Waals surface area contributed by atoms with Gasteiger partial charge in [0.1, 0.15) is 5.56 Å². The summed E-state index contributed by atoms with van der Waals surface area (Å²) in [6.45, 7) is 1.18. The van der Waals surface area contributed by atoms with Crippen LogP contribution in [0.15, 0.2) is 17.1 Å². The smallest absolute Gasteiger partial charge is 0.296 e. The van der Waals surface area contributed by atoms with Crippen LogP contribution in [0.3, 0.4) is 0 Å². The number of rotatable bonds is 2. The minimum Gasteiger partial charge on any atom is -0.312 e. The Balaban J connectivity index is 3.55. The average Bonchev–Trinajstić information content (AvgIpc) is 2.08. The Hall–Kier alpha value is -1.98. The molecule has 1 heterocycles. The quantitative estimate of drug-likeness (QED) is 0.391. The van der Waals surface area contributed by atoms with Crippen LogP contribution in [-0.4, -0.2) is 15.3 Å². The van der Waals surface area contributed by atoms with Crippen molar-refractivity contribution in [2.24, 2.45) is 7.05 Å². The van der Waals surface area contributed by atoms with Crippen LogP contribution in [0.1, 0.15) is 17.3 Å². The van der Waals surface area contributed by atoms with Gasteiger partial charge < -0.3 is 4.57 Å². The molecule has 0 saturated heterocycles. The number of hydrogen-bond donors (Lipinski definition) is 0. The molecule has 1 rings (SSSR count). The van der Waals surface area contributed by atoms with Crippen molar-refractivity contribution in [2.45, 2.75) is 6.92 Å². The molecular formula is C8H8N2O4. The molecule has 0 bridgehead atoms. The third-order valence-corrected chi connectivity index (χ3v) is 1.78. The second-order valence-corrected chi connectivity index (χ2v) is 2.83. The van der Waals surface area contributed by atoms with Crippen LogP contribution in [0.25, 0.3) is 0 Å². The molecule has 0 fully saturated rings. The summed E-state index contributed by atoms with van der Waals surface area (Å²) < 4.78 is 1.06. The first-order valence-corrected chi connectivity index (χ1v) is 3.79. The van der Waals surface area contributed by atoms with Gasteiger partial charge in [0.25, 0.3) is 11.2 Å². The summed E-state index contributed by atoms with van der Waals surface area (Å²) in [7, 11) is 1.39. The molecule has 6 heteroatoms. The minimum atomic E-state index is -0.684. The molecule has 0 aliphatic rings. The lowest BCUT2D eigenvalue weighted by atomic mass is 10.1. The maximum atomic E-state index is 11.1. The van der Waals surface area contributed by atoms with Crippen LogP contribution in [0.2, 0.25) is 0 Å². The van der Waals surface area contributed by atoms with Gasteiger partial charge in [-0.05, 0) is 6.92 Å². The number of aromatic nitrogens is 1. The standard InChI is InChI=1S/C8H8N2O4/c1-5(11)6-3-8(12)9(2)4-7(6)10(13)14/h3-4H,1-2H3. The molecule has 0 radical (unpaired) electrons. The van der Waals surface area contributed by atoms with E-state index in [9.17, 15) is 19.7 Å². The summed E-state index contributed by atoms with van der Waals surface area (Å²) in [6.07, 6.45) is 1.04. The highest BCUT2D eigenvalue weighted by Gasteiger charge is 2.18. The molecule has 6 nitrogen and oxygen atoms in total. The van der Waals surface area contributed by atoms with Crippen LogP contribution in [0.4, 0.5) is 5.69 Å². The van der Waals surface area contributed by atoms with E-state index >= 15 is 0 Å². The Morgan fingerprint density at radius 2 is 2.14 bits per heavy atom. The van der Waals surface area contributed by atoms with Gasteiger partial charge in [-0.1, -0.05) is 0 Å². The largest absolute Gasteiger partial charge is 0.312 e. The van der Waals surface area contributed by atoms with Gasteiger partial charge in [0.05, 0.1) is 11.1 Å². The van der Waals surface area contributed by atoms with E-state index in [2.05, 4.69) is 0 Å². The highest BCUT2D eigenvalue weighted by Crippen LogP contribution is 2.15. The molecule has 0 aromatic carbocycles. The normalized spacial score (nSPS) is 9.86. The molecule has 0 atom stereocenters. The zero-order valence-electron chi connectivity index (χ0n) is 7.68. The number of ketones is 1. The Morgan fingerprint density at radius 1 is 1.57 bits per heavy atom. The summed E-state index contributed by atoms with van der Waals surface area (Å²) in [6, 6.07) is 0.973. The van der Waals surface area contributed by atoms with E-state index in [0.717, 1.165) is 16.8 Å². The number of nitro groups is 1. The third-order valence-electron chi connectivity index (χ3n) is 1.78. The summed E-state index contributed by atoms with van der Waals surface area (Å²) in [5.41, 5.74) is -0.946. The van der Waals surface area contributed by atoms with Gasteiger partial charge in [-0.15, -0.1) is 0 Å². The van der Waals surface area contributed by atoms with Crippen LogP contribution in [-0.2, 0) is 7.05 Å². The fraction of sp³-hybridized carbons (Fsp3) is 0.250. The van der Waals surface area contributed by atoms with Crippen LogP contribution >= 0.6 is 0 Å². The summed E-state index contributed by atoms with van der Waals surface area (Å²) in [5.74, 6) is -0.491. The van der Waals surface area contributed by atoms with Crippen molar-refractivity contribution in [3.63, 3.8) is 0 Å². The molecule has 1 aromatic rings. The monoisotopic (exact) mass is 196 g/mol. The first-order valence-electron chi connectivity index (χ1n) is 3.79. The fourth-order valence-electron chi connectivity index (χ4n) is 1.04. The molecule has 0 amide bonds. The zero-order valence-corrected chi connectivity index (χ0v) is 7.68. The first-order chi connectivity index (χ1) is 6.43. The number of Topliss-reactive ketones (excluding diaryl/α,β-unsaturated/α-hetero) is 1. The Morgan fingerprint density at radius 3 is 2.57 bits per heavy atom. The molecule has 0 aliphatic carbocycles. The molecular weight excluding hydrogens is 188 g/mol. The average molecular weight is 196 g/mol. The fourth-order valence-corrected chi connectivity index (χ4v) is 1.04. The van der Waals surface area contributed by atoms with Crippen molar-refractivity contribution in [1.29, 1.82) is 0 Å². The van der Waals surface area contributed by atoms with Crippen LogP contribution in [0, 0.1) is 10.1 Å². The van der Waals surface area contributed by atoms with Crippen molar-refractivity contribution in [1.82, 2.24) is 4.57 Å². The van der Waals surface area contributed by atoms with E-state index in [-0.39, 0.29) is 11.3 Å². The van der Waals surface area contributed by atoms with Gasteiger partial charge in [-0.2, -0.15) is 0 Å². The predicted molar refractivity (Wildman–Crippen MR) is 48.3 cm³/mol. The maximum absolute atomic E-state index is 11.1. The minimum absolute atomic E-state index is 0.155. The van der Waals surface area contributed by atoms with Gasteiger partial charge in [0, 0.05) is 13.1 Å². The number of pyridine rings is 1. The van der Waals surface area contributed by atoms with Crippen LogP contribution < -0.4 is 5.56 Å². The molecule has 0 spiro atoms. The summed E-state index contributed by atoms with van der Waals surface area (Å²) >= 11 is 0. The highest BCUT2D eigenvalue weighted by molar-refractivity contribution is 5.97. The molecule has 0 aliphatic heterocycles. The van der Waals surface area contributed by atoms with Crippen molar-refractivity contribution >= 4 is 11.5 Å². The number of carbonyl (C=O) groups is 1. The van der Waals surface area contributed by atoms with Crippen molar-refractivity contribution in [3.05, 3.63) is 38.3 Å². The second kappa shape index (κ2) is 3.41. The third kappa shape index (κ3) is 1.68. The van der Waals surface area contributed by atoms with Gasteiger partial charge >= 0.3 is 0 Å². The topological polar surface area (TPSA) is 82.2 Å². The second-order valence-electron chi connectivity index (χ2n) is 2.83. The lowest BCUT2D eigenvalue weighted by Crippen LogP contribution is -2.18. The Kier molecular flexibility index (Phi) is 2.46. The van der Waals surface area contributed by atoms with E-state index in [1.54, 1.807) is 0 Å². The summed E-state index contributed by atoms with van der Waals surface area (Å²) in [5, 5.41) is 10.5. The van der Waals surface area contributed by atoms with Gasteiger partial charge in [0.15, 0.2) is 5.78 Å². The summed E-state index contributed by atoms with van der Waals surface area (Å²) in [4.78, 5) is 31.9. The number of nitrogens with zero attached hydrogens (tertiary/aromatic N) is 2. The predicted octanol–water partition coefficient (Wildman–Crippen LogP) is 0.496. The van der Waals surface area contributed by atoms with E-state index in [1.807, 2.05) is 0 Å². The number of hydrogen-bond acceptors (Lipinski definition) is 4. The van der Waals surface area contributed by atoms with Crippen molar-refractivity contribution in [3.8, 4) is 0 Å². The maximum Gasteiger partial charge on any atom is 0.296 e. The van der Waals surface area contributed by atoms with Crippen molar-refractivity contribution < 1.29 is 9.72 Å². The molecule has 0 saturated carbocycles. The van der Waals surface area contributed by atoms with Crippen LogP contribution in [0.5, 0.6) is 0 Å². The molecule has 14 heavy (non-hydrogen) atoms. The number of carbonyl (C=O) groups excluding carboxylic acids is 1. The van der Waals surface area contributed by atoms with E-state index in [1.165, 1.54) is 14.0 Å². The zero-order chi connectivity index (χ0) is 10.9.